The third-order valence-corrected chi connectivity index (χ3v) is 3.03. The van der Waals surface area contributed by atoms with E-state index in [1.165, 1.54) is 0 Å². The maximum absolute atomic E-state index is 5.82. The molecule has 2 rings (SSSR count). The van der Waals surface area contributed by atoms with Crippen LogP contribution in [0.25, 0.3) is 0 Å². The molecule has 19 heavy (non-hydrogen) atoms. The molecule has 0 N–H and O–H groups in total. The molecule has 1 aromatic carbocycles. The predicted octanol–water partition coefficient (Wildman–Crippen LogP) is 3.45. The SMILES string of the molecule is COc1ccc(CCl)cc1OCCc1ccccn1. The van der Waals surface area contributed by atoms with Crippen molar-refractivity contribution in [2.24, 2.45) is 0 Å². The number of nitrogens with zero attached hydrogens (tertiary/aromatic N) is 1. The number of aromatic nitrogens is 1. The summed E-state index contributed by atoms with van der Waals surface area (Å²) in [5.41, 5.74) is 2.02. The lowest BCUT2D eigenvalue weighted by molar-refractivity contribution is 0.296. The van der Waals surface area contributed by atoms with Gasteiger partial charge in [0.2, 0.25) is 0 Å². The smallest absolute Gasteiger partial charge is 0.161 e. The van der Waals surface area contributed by atoms with Crippen LogP contribution >= 0.6 is 11.6 Å². The third-order valence-electron chi connectivity index (χ3n) is 2.72. The zero-order valence-electron chi connectivity index (χ0n) is 10.8. The van der Waals surface area contributed by atoms with Gasteiger partial charge in [-0.25, -0.2) is 0 Å². The van der Waals surface area contributed by atoms with Crippen LogP contribution in [-0.2, 0) is 12.3 Å². The fourth-order valence-electron chi connectivity index (χ4n) is 1.73. The van der Waals surface area contributed by atoms with Crippen LogP contribution in [0.15, 0.2) is 42.6 Å². The van der Waals surface area contributed by atoms with Gasteiger partial charge in [0, 0.05) is 24.2 Å². The molecule has 1 aromatic heterocycles. The first kappa shape index (κ1) is 13.7. The van der Waals surface area contributed by atoms with Gasteiger partial charge in [-0.15, -0.1) is 11.6 Å². The molecular formula is C15H16ClNO2. The minimum Gasteiger partial charge on any atom is -0.493 e. The van der Waals surface area contributed by atoms with Gasteiger partial charge >= 0.3 is 0 Å². The third kappa shape index (κ3) is 3.86. The molecule has 3 nitrogen and oxygen atoms in total. The zero-order valence-corrected chi connectivity index (χ0v) is 11.6. The Kier molecular flexibility index (Phi) is 5.04. The number of halogens is 1. The van der Waals surface area contributed by atoms with Gasteiger partial charge in [-0.05, 0) is 29.8 Å². The van der Waals surface area contributed by atoms with Crippen LogP contribution in [0.4, 0.5) is 0 Å². The Morgan fingerprint density at radius 3 is 2.74 bits per heavy atom. The summed E-state index contributed by atoms with van der Waals surface area (Å²) in [6.45, 7) is 0.555. The van der Waals surface area contributed by atoms with Crippen LogP contribution in [0.3, 0.4) is 0 Å². The predicted molar refractivity (Wildman–Crippen MR) is 76.0 cm³/mol. The fraction of sp³-hybridized carbons (Fsp3) is 0.267. The van der Waals surface area contributed by atoms with Crippen molar-refractivity contribution in [1.29, 1.82) is 0 Å². The largest absolute Gasteiger partial charge is 0.493 e. The van der Waals surface area contributed by atoms with E-state index < -0.39 is 0 Å². The summed E-state index contributed by atoms with van der Waals surface area (Å²) < 4.78 is 11.0. The number of methoxy groups -OCH3 is 1. The van der Waals surface area contributed by atoms with Crippen molar-refractivity contribution in [2.45, 2.75) is 12.3 Å². The standard InChI is InChI=1S/C15H16ClNO2/c1-18-14-6-5-12(11-16)10-15(14)19-9-7-13-4-2-3-8-17-13/h2-6,8,10H,7,9,11H2,1H3. The molecule has 0 saturated carbocycles. The summed E-state index contributed by atoms with van der Waals surface area (Å²) in [5.74, 6) is 1.90. The summed E-state index contributed by atoms with van der Waals surface area (Å²) in [6, 6.07) is 11.6. The molecule has 0 amide bonds. The highest BCUT2D eigenvalue weighted by Crippen LogP contribution is 2.28. The Morgan fingerprint density at radius 2 is 2.05 bits per heavy atom. The molecule has 0 unspecified atom stereocenters. The maximum atomic E-state index is 5.82. The monoisotopic (exact) mass is 277 g/mol. The number of hydrogen-bond acceptors (Lipinski definition) is 3. The Bertz CT molecular complexity index is 517. The molecule has 2 aromatic rings. The Labute approximate surface area is 118 Å². The van der Waals surface area contributed by atoms with Crippen molar-refractivity contribution >= 4 is 11.6 Å². The number of rotatable bonds is 6. The second kappa shape index (κ2) is 7.00. The van der Waals surface area contributed by atoms with Crippen molar-refractivity contribution in [3.8, 4) is 11.5 Å². The number of alkyl halides is 1. The molecule has 0 aliphatic carbocycles. The molecule has 0 saturated heterocycles. The van der Waals surface area contributed by atoms with Crippen molar-refractivity contribution in [2.75, 3.05) is 13.7 Å². The first-order chi connectivity index (χ1) is 9.33. The maximum Gasteiger partial charge on any atom is 0.161 e. The van der Waals surface area contributed by atoms with E-state index in [1.54, 1.807) is 13.3 Å². The van der Waals surface area contributed by atoms with Crippen LogP contribution in [-0.4, -0.2) is 18.7 Å². The minimum atomic E-state index is 0.459. The molecule has 0 bridgehead atoms. The second-order valence-electron chi connectivity index (χ2n) is 4.04. The molecule has 100 valence electrons. The average Bonchev–Trinajstić information content (AvgIpc) is 2.48. The molecule has 1 heterocycles. The van der Waals surface area contributed by atoms with Gasteiger partial charge in [0.25, 0.3) is 0 Å². The number of ether oxygens (including phenoxy) is 2. The van der Waals surface area contributed by atoms with E-state index in [2.05, 4.69) is 4.98 Å². The van der Waals surface area contributed by atoms with Gasteiger partial charge in [0.05, 0.1) is 13.7 Å². The molecule has 0 atom stereocenters. The van der Waals surface area contributed by atoms with E-state index in [1.807, 2.05) is 36.4 Å². The van der Waals surface area contributed by atoms with Gasteiger partial charge < -0.3 is 9.47 Å². The topological polar surface area (TPSA) is 31.4 Å². The highest BCUT2D eigenvalue weighted by Gasteiger charge is 2.05. The van der Waals surface area contributed by atoms with E-state index in [-0.39, 0.29) is 0 Å². The summed E-state index contributed by atoms with van der Waals surface area (Å²) >= 11 is 5.82. The summed E-state index contributed by atoms with van der Waals surface area (Å²) in [4.78, 5) is 4.25. The highest BCUT2D eigenvalue weighted by molar-refractivity contribution is 6.17. The van der Waals surface area contributed by atoms with E-state index in [0.717, 1.165) is 29.2 Å². The molecule has 0 aliphatic heterocycles. The van der Waals surface area contributed by atoms with Gasteiger partial charge in [0.15, 0.2) is 11.5 Å². The lowest BCUT2D eigenvalue weighted by atomic mass is 10.2. The highest BCUT2D eigenvalue weighted by atomic mass is 35.5. The first-order valence-corrected chi connectivity index (χ1v) is 6.62. The van der Waals surface area contributed by atoms with Gasteiger partial charge in [-0.2, -0.15) is 0 Å². The van der Waals surface area contributed by atoms with Gasteiger partial charge in [0.1, 0.15) is 0 Å². The number of pyridine rings is 1. The average molecular weight is 278 g/mol. The van der Waals surface area contributed by atoms with Crippen molar-refractivity contribution in [3.63, 3.8) is 0 Å². The summed E-state index contributed by atoms with van der Waals surface area (Å²) in [7, 11) is 1.63. The van der Waals surface area contributed by atoms with Gasteiger partial charge in [-0.1, -0.05) is 12.1 Å². The lowest BCUT2D eigenvalue weighted by Gasteiger charge is -2.11. The van der Waals surface area contributed by atoms with Crippen LogP contribution in [0.5, 0.6) is 11.5 Å². The summed E-state index contributed by atoms with van der Waals surface area (Å²) in [5, 5.41) is 0. The molecule has 4 heteroatoms. The lowest BCUT2D eigenvalue weighted by Crippen LogP contribution is -2.04. The Balaban J connectivity index is 1.98. The van der Waals surface area contributed by atoms with Crippen molar-refractivity contribution in [1.82, 2.24) is 4.98 Å². The zero-order chi connectivity index (χ0) is 13.5. The minimum absolute atomic E-state index is 0.459. The molecular weight excluding hydrogens is 262 g/mol. The quantitative estimate of drug-likeness (QED) is 0.758. The van der Waals surface area contributed by atoms with Crippen LogP contribution in [0, 0.1) is 0 Å². The fourth-order valence-corrected chi connectivity index (χ4v) is 1.89. The number of hydrogen-bond donors (Lipinski definition) is 0. The first-order valence-electron chi connectivity index (χ1n) is 6.09. The van der Waals surface area contributed by atoms with Crippen LogP contribution in [0.2, 0.25) is 0 Å². The summed E-state index contributed by atoms with van der Waals surface area (Å²) in [6.07, 6.45) is 2.54. The Morgan fingerprint density at radius 1 is 1.16 bits per heavy atom. The Hall–Kier alpha value is -1.74. The normalized spacial score (nSPS) is 10.2. The molecule has 0 aliphatic rings. The van der Waals surface area contributed by atoms with E-state index in [9.17, 15) is 0 Å². The van der Waals surface area contributed by atoms with E-state index in [0.29, 0.717) is 12.5 Å². The number of benzene rings is 1. The van der Waals surface area contributed by atoms with Crippen LogP contribution in [0.1, 0.15) is 11.3 Å². The molecule has 0 radical (unpaired) electrons. The van der Waals surface area contributed by atoms with E-state index in [4.69, 9.17) is 21.1 Å². The van der Waals surface area contributed by atoms with Crippen LogP contribution < -0.4 is 9.47 Å². The molecule has 0 spiro atoms. The van der Waals surface area contributed by atoms with Crippen molar-refractivity contribution in [3.05, 3.63) is 53.9 Å². The second-order valence-corrected chi connectivity index (χ2v) is 4.31. The van der Waals surface area contributed by atoms with Crippen molar-refractivity contribution < 1.29 is 9.47 Å². The molecule has 0 fully saturated rings. The van der Waals surface area contributed by atoms with E-state index >= 15 is 0 Å². The van der Waals surface area contributed by atoms with Gasteiger partial charge in [-0.3, -0.25) is 4.98 Å².